The average molecular weight is 178 g/mol. The van der Waals surface area contributed by atoms with E-state index in [0.29, 0.717) is 11.3 Å². The summed E-state index contributed by atoms with van der Waals surface area (Å²) >= 11 is 0. The molecule has 0 aliphatic heterocycles. The quantitative estimate of drug-likeness (QED) is 0.555. The Kier molecular flexibility index (Phi) is 2.64. The molecule has 1 rings (SSSR count). The van der Waals surface area contributed by atoms with Crippen molar-refractivity contribution in [2.45, 2.75) is 6.92 Å². The summed E-state index contributed by atoms with van der Waals surface area (Å²) in [4.78, 5) is 10.1. The van der Waals surface area contributed by atoms with Gasteiger partial charge in [-0.3, -0.25) is 10.1 Å². The molecule has 0 saturated heterocycles. The monoisotopic (exact) mass is 178 g/mol. The number of nitro groups is 1. The van der Waals surface area contributed by atoms with Gasteiger partial charge < -0.3 is 5.73 Å². The lowest BCUT2D eigenvalue weighted by atomic mass is 10.1. The van der Waals surface area contributed by atoms with Gasteiger partial charge in [0.05, 0.1) is 10.5 Å². The molecule has 0 unspecified atom stereocenters. The van der Waals surface area contributed by atoms with Gasteiger partial charge in [0, 0.05) is 11.8 Å². The van der Waals surface area contributed by atoms with Crippen molar-refractivity contribution in [1.82, 2.24) is 0 Å². The predicted molar refractivity (Wildman–Crippen MR) is 50.9 cm³/mol. The maximum absolute atomic E-state index is 10.5. The van der Waals surface area contributed by atoms with Gasteiger partial charge >= 0.3 is 0 Å². The van der Waals surface area contributed by atoms with E-state index in [1.165, 1.54) is 6.07 Å². The van der Waals surface area contributed by atoms with Crippen LogP contribution >= 0.6 is 0 Å². The van der Waals surface area contributed by atoms with E-state index in [-0.39, 0.29) is 5.69 Å². The van der Waals surface area contributed by atoms with Gasteiger partial charge in [0.1, 0.15) is 0 Å². The lowest BCUT2D eigenvalue weighted by Crippen LogP contribution is -1.94. The second-order valence-corrected chi connectivity index (χ2v) is 2.70. The van der Waals surface area contributed by atoms with Gasteiger partial charge in [-0.05, 0) is 19.1 Å². The molecule has 68 valence electrons. The maximum atomic E-state index is 10.5. The fourth-order valence-corrected chi connectivity index (χ4v) is 1.02. The molecule has 0 saturated carbocycles. The summed E-state index contributed by atoms with van der Waals surface area (Å²) in [6.07, 6.45) is 1.58. The Morgan fingerprint density at radius 2 is 2.15 bits per heavy atom. The summed E-state index contributed by atoms with van der Waals surface area (Å²) in [6.45, 7) is 1.69. The first-order valence-electron chi connectivity index (χ1n) is 3.78. The molecule has 0 aromatic heterocycles. The molecule has 0 amide bonds. The SMILES string of the molecule is C/C(N)=C\c1ccccc1[N+](=O)[O-]. The van der Waals surface area contributed by atoms with Crippen LogP contribution in [0.1, 0.15) is 12.5 Å². The first kappa shape index (κ1) is 9.25. The molecule has 0 radical (unpaired) electrons. The molecule has 0 aliphatic carbocycles. The summed E-state index contributed by atoms with van der Waals surface area (Å²) in [5.41, 5.74) is 6.59. The topological polar surface area (TPSA) is 69.2 Å². The number of hydrogen-bond donors (Lipinski definition) is 1. The van der Waals surface area contributed by atoms with E-state index in [9.17, 15) is 10.1 Å². The smallest absolute Gasteiger partial charge is 0.276 e. The van der Waals surface area contributed by atoms with Crippen molar-refractivity contribution < 1.29 is 4.92 Å². The van der Waals surface area contributed by atoms with E-state index in [1.54, 1.807) is 31.2 Å². The highest BCUT2D eigenvalue weighted by atomic mass is 16.6. The highest BCUT2D eigenvalue weighted by molar-refractivity contribution is 5.61. The number of allylic oxidation sites excluding steroid dienone is 1. The normalized spacial score (nSPS) is 11.3. The second kappa shape index (κ2) is 3.71. The minimum Gasteiger partial charge on any atom is -0.402 e. The third kappa shape index (κ3) is 2.30. The van der Waals surface area contributed by atoms with E-state index >= 15 is 0 Å². The van der Waals surface area contributed by atoms with Gasteiger partial charge in [0.25, 0.3) is 5.69 Å². The van der Waals surface area contributed by atoms with Crippen molar-refractivity contribution in [3.8, 4) is 0 Å². The molecule has 2 N–H and O–H groups in total. The summed E-state index contributed by atoms with van der Waals surface area (Å²) in [5, 5.41) is 10.5. The molecule has 0 bridgehead atoms. The van der Waals surface area contributed by atoms with Crippen LogP contribution in [0.4, 0.5) is 5.69 Å². The number of hydrogen-bond acceptors (Lipinski definition) is 3. The lowest BCUT2D eigenvalue weighted by Gasteiger charge is -1.96. The van der Waals surface area contributed by atoms with E-state index < -0.39 is 4.92 Å². The van der Waals surface area contributed by atoms with Crippen molar-refractivity contribution in [2.75, 3.05) is 0 Å². The molecule has 0 spiro atoms. The van der Waals surface area contributed by atoms with E-state index in [0.717, 1.165) is 0 Å². The minimum atomic E-state index is -0.422. The third-order valence-corrected chi connectivity index (χ3v) is 1.52. The average Bonchev–Trinajstić information content (AvgIpc) is 2.03. The first-order chi connectivity index (χ1) is 6.11. The van der Waals surface area contributed by atoms with Gasteiger partial charge in [0.15, 0.2) is 0 Å². The molecule has 0 aliphatic rings. The number of para-hydroxylation sites is 1. The number of nitro benzene ring substituents is 1. The van der Waals surface area contributed by atoms with Gasteiger partial charge in [0.2, 0.25) is 0 Å². The number of rotatable bonds is 2. The Morgan fingerprint density at radius 3 is 2.69 bits per heavy atom. The zero-order valence-electron chi connectivity index (χ0n) is 7.23. The Morgan fingerprint density at radius 1 is 1.54 bits per heavy atom. The zero-order valence-corrected chi connectivity index (χ0v) is 7.23. The van der Waals surface area contributed by atoms with Gasteiger partial charge in [-0.25, -0.2) is 0 Å². The fourth-order valence-electron chi connectivity index (χ4n) is 1.02. The third-order valence-electron chi connectivity index (χ3n) is 1.52. The van der Waals surface area contributed by atoms with Crippen LogP contribution in [0, 0.1) is 10.1 Å². The Balaban J connectivity index is 3.20. The molecule has 0 heterocycles. The fraction of sp³-hybridized carbons (Fsp3) is 0.111. The number of nitrogens with zero attached hydrogens (tertiary/aromatic N) is 1. The number of nitrogens with two attached hydrogens (primary N) is 1. The largest absolute Gasteiger partial charge is 0.402 e. The molecule has 0 atom stereocenters. The van der Waals surface area contributed by atoms with Crippen molar-refractivity contribution in [3.05, 3.63) is 45.6 Å². The van der Waals surface area contributed by atoms with Crippen LogP contribution in [-0.2, 0) is 0 Å². The molecule has 4 nitrogen and oxygen atoms in total. The van der Waals surface area contributed by atoms with E-state index in [1.807, 2.05) is 0 Å². The summed E-state index contributed by atoms with van der Waals surface area (Å²) in [6, 6.07) is 6.48. The predicted octanol–water partition coefficient (Wildman–Crippen LogP) is 1.91. The summed E-state index contributed by atoms with van der Waals surface area (Å²) in [7, 11) is 0. The molecular weight excluding hydrogens is 168 g/mol. The Labute approximate surface area is 75.8 Å². The minimum absolute atomic E-state index is 0.0762. The van der Waals surface area contributed by atoms with E-state index in [4.69, 9.17) is 5.73 Å². The van der Waals surface area contributed by atoms with Crippen molar-refractivity contribution in [2.24, 2.45) is 5.73 Å². The first-order valence-corrected chi connectivity index (χ1v) is 3.78. The van der Waals surface area contributed by atoms with Crippen molar-refractivity contribution in [3.63, 3.8) is 0 Å². The molecule has 1 aromatic rings. The van der Waals surface area contributed by atoms with Gasteiger partial charge in [-0.2, -0.15) is 0 Å². The molecule has 4 heteroatoms. The van der Waals surface area contributed by atoms with Crippen molar-refractivity contribution >= 4 is 11.8 Å². The summed E-state index contributed by atoms with van der Waals surface area (Å²) < 4.78 is 0. The van der Waals surface area contributed by atoms with Crippen LogP contribution in [0.15, 0.2) is 30.0 Å². The molecule has 13 heavy (non-hydrogen) atoms. The summed E-state index contributed by atoms with van der Waals surface area (Å²) in [5.74, 6) is 0. The molecule has 1 aromatic carbocycles. The molecule has 0 fully saturated rings. The molecular formula is C9H10N2O2. The Bertz CT molecular complexity index is 354. The van der Waals surface area contributed by atoms with E-state index in [2.05, 4.69) is 0 Å². The van der Waals surface area contributed by atoms with Crippen LogP contribution in [0.2, 0.25) is 0 Å². The van der Waals surface area contributed by atoms with Crippen LogP contribution in [-0.4, -0.2) is 4.92 Å². The second-order valence-electron chi connectivity index (χ2n) is 2.70. The van der Waals surface area contributed by atoms with Crippen LogP contribution < -0.4 is 5.73 Å². The number of benzene rings is 1. The van der Waals surface area contributed by atoms with Gasteiger partial charge in [-0.1, -0.05) is 12.1 Å². The maximum Gasteiger partial charge on any atom is 0.276 e. The zero-order chi connectivity index (χ0) is 9.84. The van der Waals surface area contributed by atoms with Crippen LogP contribution in [0.5, 0.6) is 0 Å². The van der Waals surface area contributed by atoms with Crippen molar-refractivity contribution in [1.29, 1.82) is 0 Å². The lowest BCUT2D eigenvalue weighted by molar-refractivity contribution is -0.385. The highest BCUT2D eigenvalue weighted by Crippen LogP contribution is 2.19. The van der Waals surface area contributed by atoms with Crippen LogP contribution in [0.25, 0.3) is 6.08 Å². The van der Waals surface area contributed by atoms with Gasteiger partial charge in [-0.15, -0.1) is 0 Å². The standard InChI is InChI=1S/C9H10N2O2/c1-7(10)6-8-4-2-3-5-9(8)11(12)13/h2-6H,10H2,1H3/b7-6+. The Hall–Kier alpha value is -1.84. The highest BCUT2D eigenvalue weighted by Gasteiger charge is 2.09. The van der Waals surface area contributed by atoms with Crippen LogP contribution in [0.3, 0.4) is 0 Å².